The minimum atomic E-state index is -3.07. The molecule has 3 aliphatic rings. The van der Waals surface area contributed by atoms with Crippen molar-refractivity contribution in [2.24, 2.45) is 11.0 Å². The molecule has 0 saturated carbocycles. The molecule has 3 heterocycles. The van der Waals surface area contributed by atoms with Crippen LogP contribution in [0.4, 0.5) is 11.4 Å². The van der Waals surface area contributed by atoms with Crippen LogP contribution in [-0.4, -0.2) is 72.9 Å². The average molecular weight is 761 g/mol. The number of benzene rings is 4. The van der Waals surface area contributed by atoms with E-state index in [0.717, 1.165) is 22.4 Å². The van der Waals surface area contributed by atoms with E-state index in [2.05, 4.69) is 0 Å². The Morgan fingerprint density at radius 1 is 0.964 bits per heavy atom. The Labute approximate surface area is 322 Å². The zero-order valence-electron chi connectivity index (χ0n) is 31.7. The summed E-state index contributed by atoms with van der Waals surface area (Å²) in [6.07, 6.45) is 0.0497. The van der Waals surface area contributed by atoms with Gasteiger partial charge in [0.25, 0.3) is 5.91 Å². The van der Waals surface area contributed by atoms with Gasteiger partial charge in [-0.1, -0.05) is 79.7 Å². The van der Waals surface area contributed by atoms with Crippen molar-refractivity contribution in [3.05, 3.63) is 125 Å². The second-order valence-corrected chi connectivity index (χ2v) is 19.1. The number of carbonyl (C=O) groups excluding carboxylic acids is 3. The van der Waals surface area contributed by atoms with E-state index in [1.165, 1.54) is 5.01 Å². The summed E-state index contributed by atoms with van der Waals surface area (Å²) in [6.45, 7) is 6.01. The third kappa shape index (κ3) is 7.34. The Bertz CT molecular complexity index is 2090. The molecule has 0 radical (unpaired) electrons. The topological polar surface area (TPSA) is 132 Å². The molecule has 55 heavy (non-hydrogen) atoms. The van der Waals surface area contributed by atoms with Gasteiger partial charge in [-0.3, -0.25) is 14.4 Å². The molecule has 12 heteroatoms. The number of aliphatic hydroxyl groups excluding tert-OH is 1. The number of anilines is 2. The summed E-state index contributed by atoms with van der Waals surface area (Å²) >= 11 is 0. The van der Waals surface area contributed by atoms with Gasteiger partial charge in [-0.15, -0.1) is 0 Å². The first kappa shape index (κ1) is 38.1. The van der Waals surface area contributed by atoms with Gasteiger partial charge < -0.3 is 29.2 Å². The third-order valence-electron chi connectivity index (χ3n) is 11.1. The monoisotopic (exact) mass is 760 g/mol. The molecule has 4 atom stereocenters. The van der Waals surface area contributed by atoms with E-state index in [1.54, 1.807) is 23.0 Å². The minimum Gasteiger partial charge on any atom is -0.497 e. The molecule has 0 aliphatic carbocycles. The highest BCUT2D eigenvalue weighted by molar-refractivity contribution is 6.71. The van der Waals surface area contributed by atoms with Crippen LogP contribution in [0.25, 0.3) is 0 Å². The largest absolute Gasteiger partial charge is 0.497 e. The summed E-state index contributed by atoms with van der Waals surface area (Å²) in [6, 6.07) is 32.4. The molecule has 286 valence electrons. The molecule has 2 N–H and O–H groups in total. The molecule has 7 rings (SSSR count). The van der Waals surface area contributed by atoms with Crippen LogP contribution >= 0.6 is 0 Å². The van der Waals surface area contributed by atoms with Gasteiger partial charge in [0.15, 0.2) is 13.9 Å². The number of hydrazone groups is 1. The maximum absolute atomic E-state index is 15.1. The highest BCUT2D eigenvalue weighted by Crippen LogP contribution is 2.60. The van der Waals surface area contributed by atoms with Crippen molar-refractivity contribution >= 4 is 43.1 Å². The molecule has 0 unspecified atom stereocenters. The van der Waals surface area contributed by atoms with Crippen LogP contribution < -0.4 is 14.6 Å². The fraction of sp³-hybridized carbons (Fsp3) is 0.349. The predicted molar refractivity (Wildman–Crippen MR) is 213 cm³/mol. The lowest BCUT2D eigenvalue weighted by molar-refractivity contribution is -0.150. The number of hydrogen-bond acceptors (Lipinski definition) is 8. The average Bonchev–Trinajstić information content (AvgIpc) is 3.61. The molecule has 1 spiro atoms. The molecule has 1 fully saturated rings. The number of aliphatic hydroxyl groups is 1. The van der Waals surface area contributed by atoms with Crippen molar-refractivity contribution in [3.63, 3.8) is 0 Å². The molecule has 4 aromatic carbocycles. The smallest absolute Gasteiger partial charge is 0.264 e. The van der Waals surface area contributed by atoms with Gasteiger partial charge in [0.2, 0.25) is 11.8 Å². The van der Waals surface area contributed by atoms with E-state index >= 15 is 4.79 Å². The number of fused-ring (bicyclic) bond motifs is 2. The van der Waals surface area contributed by atoms with Crippen molar-refractivity contribution in [3.8, 4) is 5.75 Å². The number of amides is 3. The van der Waals surface area contributed by atoms with Gasteiger partial charge in [-0.25, -0.2) is 5.01 Å². The summed E-state index contributed by atoms with van der Waals surface area (Å²) in [4.78, 5) is 57.4. The molecule has 3 aliphatic heterocycles. The number of rotatable bonds is 12. The fourth-order valence-electron chi connectivity index (χ4n) is 8.62. The Balaban J connectivity index is 1.21. The number of hydrogen-bond donors (Lipinski definition) is 2. The standard InChI is InChI=1S/C43H48N4O7Si/c1-29-41(55(3,4)52)38(26-40(50)45(22-23-48)27-30-12-7-5-8-13-30)54-43(29)35-25-34(53-2)18-20-37(35)46(42(43)51)28-31-14-11-17-33(24-31)47-39(49)21-19-36(44-47)32-15-9-6-10-16-32/h5-18,20,24-25,29,38,41,48,52H,19,21-23,26-28H2,1-4H3/t29-,38+,41-,43+/m0/s1. The van der Waals surface area contributed by atoms with Gasteiger partial charge in [0.05, 0.1) is 49.9 Å². The predicted octanol–water partition coefficient (Wildman–Crippen LogP) is 5.98. The van der Waals surface area contributed by atoms with Crippen molar-refractivity contribution in [2.45, 2.75) is 69.6 Å². The van der Waals surface area contributed by atoms with Gasteiger partial charge in [-0.05, 0) is 60.1 Å². The number of ether oxygens (including phenoxy) is 2. The molecular weight excluding hydrogens is 713 g/mol. The lowest BCUT2D eigenvalue weighted by atomic mass is 9.82. The molecule has 4 aromatic rings. The van der Waals surface area contributed by atoms with E-state index in [9.17, 15) is 19.5 Å². The van der Waals surface area contributed by atoms with Crippen LogP contribution in [0, 0.1) is 5.92 Å². The normalized spacial score (nSPS) is 22.2. The number of carbonyl (C=O) groups is 3. The van der Waals surface area contributed by atoms with E-state index < -0.39 is 31.5 Å². The first-order valence-corrected chi connectivity index (χ1v) is 21.8. The minimum absolute atomic E-state index is 0.0649. The van der Waals surface area contributed by atoms with Gasteiger partial charge in [0.1, 0.15) is 5.75 Å². The second kappa shape index (κ2) is 15.5. The quantitative estimate of drug-likeness (QED) is 0.170. The summed E-state index contributed by atoms with van der Waals surface area (Å²) in [5.41, 5.74) is 3.41. The summed E-state index contributed by atoms with van der Waals surface area (Å²) in [7, 11) is -1.50. The van der Waals surface area contributed by atoms with Gasteiger partial charge >= 0.3 is 0 Å². The van der Waals surface area contributed by atoms with Crippen LogP contribution in [0.3, 0.4) is 0 Å². The molecule has 1 saturated heterocycles. The van der Waals surface area contributed by atoms with Crippen LogP contribution in [-0.2, 0) is 37.8 Å². The highest BCUT2D eigenvalue weighted by atomic mass is 28.4. The fourth-order valence-corrected chi connectivity index (χ4v) is 11.2. The first-order chi connectivity index (χ1) is 26.4. The van der Waals surface area contributed by atoms with Crippen molar-refractivity contribution < 1.29 is 33.8 Å². The molecule has 3 amide bonds. The maximum atomic E-state index is 15.1. The Hall–Kier alpha value is -5.14. The highest BCUT2D eigenvalue weighted by Gasteiger charge is 2.66. The SMILES string of the molecule is COc1ccc2c(c1)[C@@]1(O[C@H](CC(=O)N(CCO)Cc3ccccc3)[C@@H]([Si](C)(C)O)[C@@H]1C)C(=O)N2Cc1cccc(N2N=C(c3ccccc3)CCC2=O)c1. The zero-order chi connectivity index (χ0) is 38.9. The molecule has 0 aromatic heterocycles. The summed E-state index contributed by atoms with van der Waals surface area (Å²) in [5.74, 6) is -0.575. The van der Waals surface area contributed by atoms with E-state index in [0.29, 0.717) is 42.1 Å². The third-order valence-corrected chi connectivity index (χ3v) is 13.6. The maximum Gasteiger partial charge on any atom is 0.264 e. The van der Waals surface area contributed by atoms with E-state index in [1.807, 2.05) is 117 Å². The Kier molecular flexibility index (Phi) is 10.8. The number of nitrogens with zero attached hydrogens (tertiary/aromatic N) is 4. The van der Waals surface area contributed by atoms with Gasteiger partial charge in [-0.2, -0.15) is 5.10 Å². The molecule has 0 bridgehead atoms. The molecule has 11 nitrogen and oxygen atoms in total. The van der Waals surface area contributed by atoms with E-state index in [4.69, 9.17) is 14.6 Å². The lowest BCUT2D eigenvalue weighted by Gasteiger charge is -2.32. The van der Waals surface area contributed by atoms with Crippen LogP contribution in [0.1, 0.15) is 48.4 Å². The Morgan fingerprint density at radius 2 is 1.67 bits per heavy atom. The number of methoxy groups -OCH3 is 1. The van der Waals surface area contributed by atoms with Crippen LogP contribution in [0.15, 0.2) is 108 Å². The zero-order valence-corrected chi connectivity index (χ0v) is 32.7. The van der Waals surface area contributed by atoms with Gasteiger partial charge in [0, 0.05) is 43.0 Å². The second-order valence-electron chi connectivity index (χ2n) is 15.2. The summed E-state index contributed by atoms with van der Waals surface area (Å²) in [5, 5.41) is 16.1. The summed E-state index contributed by atoms with van der Waals surface area (Å²) < 4.78 is 12.6. The van der Waals surface area contributed by atoms with Crippen LogP contribution in [0.2, 0.25) is 18.6 Å². The van der Waals surface area contributed by atoms with Crippen molar-refractivity contribution in [1.29, 1.82) is 0 Å². The van der Waals surface area contributed by atoms with Crippen molar-refractivity contribution in [2.75, 3.05) is 30.2 Å². The van der Waals surface area contributed by atoms with Crippen molar-refractivity contribution in [1.82, 2.24) is 4.90 Å². The Morgan fingerprint density at radius 3 is 2.36 bits per heavy atom. The van der Waals surface area contributed by atoms with E-state index in [-0.39, 0.29) is 43.8 Å². The lowest BCUT2D eigenvalue weighted by Crippen LogP contribution is -2.46. The first-order valence-electron chi connectivity index (χ1n) is 18.8. The molecular formula is C43H48N4O7Si. The van der Waals surface area contributed by atoms with Crippen LogP contribution in [0.5, 0.6) is 5.75 Å².